The highest BCUT2D eigenvalue weighted by atomic mass is 16.6. The fourth-order valence-corrected chi connectivity index (χ4v) is 1.23. The number of hydrogen-bond donors (Lipinski definition) is 1. The summed E-state index contributed by atoms with van der Waals surface area (Å²) in [6.45, 7) is 5.51. The van der Waals surface area contributed by atoms with Gasteiger partial charge in [-0.05, 0) is 26.8 Å². The van der Waals surface area contributed by atoms with Crippen molar-refractivity contribution in [1.82, 2.24) is 5.32 Å². The standard InChI is InChI=1S/C11H17NO5/c1-11(2,3)17-10(14)12-7-5-8(16-6-7)9(13)15-4/h5,7H,6H2,1-4H3,(H,12,14)/t7-/m1/s1. The summed E-state index contributed by atoms with van der Waals surface area (Å²) in [6, 6.07) is -0.376. The maximum atomic E-state index is 11.4. The first-order chi connectivity index (χ1) is 7.81. The summed E-state index contributed by atoms with van der Waals surface area (Å²) in [6.07, 6.45) is 0.948. The van der Waals surface area contributed by atoms with Gasteiger partial charge in [0.15, 0.2) is 0 Å². The topological polar surface area (TPSA) is 73.9 Å². The minimum atomic E-state index is -0.557. The largest absolute Gasteiger partial charge is 0.484 e. The SMILES string of the molecule is COC(=O)C1=C[C@@H](NC(=O)OC(C)(C)C)CO1. The Kier molecular flexibility index (Phi) is 3.98. The second-order valence-corrected chi connectivity index (χ2v) is 4.59. The number of methoxy groups -OCH3 is 1. The molecule has 0 fully saturated rings. The van der Waals surface area contributed by atoms with E-state index in [0.29, 0.717) is 0 Å². The summed E-state index contributed by atoms with van der Waals surface area (Å²) in [5, 5.41) is 2.57. The number of carbonyl (C=O) groups is 2. The molecule has 0 aromatic heterocycles. The fraction of sp³-hybridized carbons (Fsp3) is 0.636. The van der Waals surface area contributed by atoms with E-state index in [4.69, 9.17) is 9.47 Å². The maximum Gasteiger partial charge on any atom is 0.408 e. The van der Waals surface area contributed by atoms with Crippen molar-refractivity contribution >= 4 is 12.1 Å². The van der Waals surface area contributed by atoms with E-state index in [1.807, 2.05) is 0 Å². The Labute approximate surface area is 99.9 Å². The van der Waals surface area contributed by atoms with E-state index >= 15 is 0 Å². The maximum absolute atomic E-state index is 11.4. The Hall–Kier alpha value is -1.72. The van der Waals surface area contributed by atoms with E-state index < -0.39 is 17.7 Å². The molecule has 0 saturated heterocycles. The van der Waals surface area contributed by atoms with Crippen molar-refractivity contribution in [2.75, 3.05) is 13.7 Å². The number of hydrogen-bond acceptors (Lipinski definition) is 5. The Balaban J connectivity index is 2.47. The predicted molar refractivity (Wildman–Crippen MR) is 59.2 cm³/mol. The van der Waals surface area contributed by atoms with Crippen LogP contribution in [0.5, 0.6) is 0 Å². The van der Waals surface area contributed by atoms with Gasteiger partial charge in [-0.15, -0.1) is 0 Å². The molecule has 96 valence electrons. The molecule has 1 aliphatic heterocycles. The van der Waals surface area contributed by atoms with Crippen molar-refractivity contribution in [2.45, 2.75) is 32.4 Å². The van der Waals surface area contributed by atoms with Gasteiger partial charge < -0.3 is 19.5 Å². The lowest BCUT2D eigenvalue weighted by Crippen LogP contribution is -2.38. The van der Waals surface area contributed by atoms with Crippen molar-refractivity contribution in [2.24, 2.45) is 0 Å². The number of ether oxygens (including phenoxy) is 3. The lowest BCUT2D eigenvalue weighted by atomic mass is 10.2. The van der Waals surface area contributed by atoms with E-state index in [2.05, 4.69) is 10.1 Å². The molecular weight excluding hydrogens is 226 g/mol. The molecule has 0 saturated carbocycles. The summed E-state index contributed by atoms with van der Waals surface area (Å²) in [5.41, 5.74) is -0.557. The Morgan fingerprint density at radius 3 is 2.65 bits per heavy atom. The average Bonchev–Trinajstić information content (AvgIpc) is 2.62. The van der Waals surface area contributed by atoms with Crippen LogP contribution in [0, 0.1) is 0 Å². The van der Waals surface area contributed by atoms with Crippen molar-refractivity contribution in [3.05, 3.63) is 11.8 Å². The minimum absolute atomic E-state index is 0.105. The lowest BCUT2D eigenvalue weighted by molar-refractivity contribution is -0.139. The van der Waals surface area contributed by atoms with Crippen molar-refractivity contribution in [3.8, 4) is 0 Å². The molecule has 1 atom stereocenters. The van der Waals surface area contributed by atoms with E-state index in [9.17, 15) is 9.59 Å². The molecule has 0 aromatic carbocycles. The van der Waals surface area contributed by atoms with Gasteiger partial charge >= 0.3 is 12.1 Å². The number of rotatable bonds is 2. The highest BCUT2D eigenvalue weighted by Crippen LogP contribution is 2.12. The van der Waals surface area contributed by atoms with Gasteiger partial charge in [0.05, 0.1) is 13.2 Å². The minimum Gasteiger partial charge on any atom is -0.484 e. The van der Waals surface area contributed by atoms with Gasteiger partial charge in [-0.2, -0.15) is 0 Å². The van der Waals surface area contributed by atoms with Crippen LogP contribution in [-0.4, -0.2) is 37.4 Å². The Morgan fingerprint density at radius 2 is 2.12 bits per heavy atom. The van der Waals surface area contributed by atoms with Gasteiger partial charge in [0.25, 0.3) is 0 Å². The highest BCUT2D eigenvalue weighted by Gasteiger charge is 2.26. The van der Waals surface area contributed by atoms with Crippen LogP contribution < -0.4 is 5.32 Å². The molecule has 0 spiro atoms. The second kappa shape index (κ2) is 5.07. The van der Waals surface area contributed by atoms with Crippen molar-refractivity contribution in [3.63, 3.8) is 0 Å². The molecule has 6 nitrogen and oxygen atoms in total. The van der Waals surface area contributed by atoms with Gasteiger partial charge in [0.2, 0.25) is 5.76 Å². The predicted octanol–water partition coefficient (Wildman–Crippen LogP) is 0.967. The van der Waals surface area contributed by atoms with Crippen LogP contribution in [0.2, 0.25) is 0 Å². The number of amides is 1. The molecule has 17 heavy (non-hydrogen) atoms. The number of alkyl carbamates (subject to hydrolysis) is 1. The molecule has 1 rings (SSSR count). The first-order valence-corrected chi connectivity index (χ1v) is 5.24. The molecule has 0 aromatic rings. The average molecular weight is 243 g/mol. The van der Waals surface area contributed by atoms with E-state index in [1.54, 1.807) is 20.8 Å². The third-order valence-electron chi connectivity index (χ3n) is 1.86. The Morgan fingerprint density at radius 1 is 1.47 bits per heavy atom. The molecule has 0 unspecified atom stereocenters. The molecule has 1 N–H and O–H groups in total. The Bertz CT molecular complexity index is 342. The zero-order valence-corrected chi connectivity index (χ0v) is 10.4. The van der Waals surface area contributed by atoms with Crippen LogP contribution in [0.3, 0.4) is 0 Å². The summed E-state index contributed by atoms with van der Waals surface area (Å²) >= 11 is 0. The summed E-state index contributed by atoms with van der Waals surface area (Å²) in [4.78, 5) is 22.5. The van der Waals surface area contributed by atoms with Crippen LogP contribution in [0.15, 0.2) is 11.8 Å². The van der Waals surface area contributed by atoms with Gasteiger partial charge in [0.1, 0.15) is 12.2 Å². The second-order valence-electron chi connectivity index (χ2n) is 4.59. The molecule has 1 amide bonds. The highest BCUT2D eigenvalue weighted by molar-refractivity contribution is 5.86. The van der Waals surface area contributed by atoms with Crippen LogP contribution in [0.25, 0.3) is 0 Å². The molecule has 0 bridgehead atoms. The van der Waals surface area contributed by atoms with E-state index in [-0.39, 0.29) is 18.4 Å². The van der Waals surface area contributed by atoms with Crippen LogP contribution in [0.1, 0.15) is 20.8 Å². The van der Waals surface area contributed by atoms with Crippen LogP contribution in [0.4, 0.5) is 4.79 Å². The molecule has 1 heterocycles. The summed E-state index contributed by atoms with van der Waals surface area (Å²) in [7, 11) is 1.27. The summed E-state index contributed by atoms with van der Waals surface area (Å²) in [5.74, 6) is -0.452. The first-order valence-electron chi connectivity index (χ1n) is 5.24. The van der Waals surface area contributed by atoms with Crippen LogP contribution >= 0.6 is 0 Å². The van der Waals surface area contributed by atoms with Gasteiger partial charge in [0, 0.05) is 0 Å². The van der Waals surface area contributed by atoms with Crippen molar-refractivity contribution in [1.29, 1.82) is 0 Å². The van der Waals surface area contributed by atoms with E-state index in [0.717, 1.165) is 0 Å². The van der Waals surface area contributed by atoms with Gasteiger partial charge in [-0.3, -0.25) is 0 Å². The zero-order valence-electron chi connectivity index (χ0n) is 10.4. The number of esters is 1. The molecular formula is C11H17NO5. The molecule has 1 aliphatic rings. The lowest BCUT2D eigenvalue weighted by Gasteiger charge is -2.20. The molecule has 6 heteroatoms. The third-order valence-corrected chi connectivity index (χ3v) is 1.86. The molecule has 0 radical (unpaired) electrons. The zero-order chi connectivity index (χ0) is 13.1. The quantitative estimate of drug-likeness (QED) is 0.731. The monoisotopic (exact) mass is 243 g/mol. The van der Waals surface area contributed by atoms with Crippen LogP contribution in [-0.2, 0) is 19.0 Å². The third kappa shape index (κ3) is 4.34. The van der Waals surface area contributed by atoms with Gasteiger partial charge in [-0.1, -0.05) is 0 Å². The number of carbonyl (C=O) groups excluding carboxylic acids is 2. The van der Waals surface area contributed by atoms with Gasteiger partial charge in [-0.25, -0.2) is 9.59 Å². The van der Waals surface area contributed by atoms with E-state index in [1.165, 1.54) is 13.2 Å². The molecule has 0 aliphatic carbocycles. The summed E-state index contributed by atoms with van der Waals surface area (Å²) < 4.78 is 14.6. The van der Waals surface area contributed by atoms with Crippen molar-refractivity contribution < 1.29 is 23.8 Å². The fourth-order valence-electron chi connectivity index (χ4n) is 1.23. The smallest absolute Gasteiger partial charge is 0.408 e. The number of nitrogens with one attached hydrogen (secondary N) is 1. The first kappa shape index (κ1) is 13.3. The normalized spacial score (nSPS) is 19.1.